The smallest absolute Gasteiger partial charge is 0.278 e. The van der Waals surface area contributed by atoms with Gasteiger partial charge in [0.25, 0.3) is 5.89 Å². The van der Waals surface area contributed by atoms with Crippen LogP contribution in [0.4, 0.5) is 0 Å². The summed E-state index contributed by atoms with van der Waals surface area (Å²) in [6.45, 7) is 3.93. The van der Waals surface area contributed by atoms with Gasteiger partial charge in [0, 0.05) is 12.7 Å². The second kappa shape index (κ2) is 4.79. The minimum Gasteiger partial charge on any atom is -0.378 e. The highest BCUT2D eigenvalue weighted by molar-refractivity contribution is 5.44. The van der Waals surface area contributed by atoms with Gasteiger partial charge in [-0.1, -0.05) is 5.16 Å². The summed E-state index contributed by atoms with van der Waals surface area (Å²) in [7, 11) is 0. The average Bonchev–Trinajstić information content (AvgIpc) is 2.90. The maximum absolute atomic E-state index is 5.36. The molecule has 18 heavy (non-hydrogen) atoms. The topological polar surface area (TPSA) is 86.0 Å². The van der Waals surface area contributed by atoms with Crippen molar-refractivity contribution in [1.82, 2.24) is 25.4 Å². The minimum atomic E-state index is -0.0188. The largest absolute Gasteiger partial charge is 0.378 e. The molecule has 7 heteroatoms. The number of hydrogen-bond acceptors (Lipinski definition) is 7. The molecule has 3 rings (SSSR count). The third-order valence-electron chi connectivity index (χ3n) is 2.68. The van der Waals surface area contributed by atoms with Gasteiger partial charge in [0.15, 0.2) is 5.82 Å². The molecular weight excluding hydrogens is 234 g/mol. The van der Waals surface area contributed by atoms with Crippen LogP contribution < -0.4 is 5.32 Å². The fraction of sp³-hybridized carbons (Fsp3) is 0.455. The van der Waals surface area contributed by atoms with Gasteiger partial charge < -0.3 is 14.6 Å². The van der Waals surface area contributed by atoms with Gasteiger partial charge in [-0.3, -0.25) is 4.98 Å². The Labute approximate surface area is 104 Å². The first-order chi connectivity index (χ1) is 8.83. The number of nitrogens with one attached hydrogen (secondary N) is 1. The molecule has 1 unspecified atom stereocenters. The Morgan fingerprint density at radius 2 is 2.28 bits per heavy atom. The zero-order valence-electron chi connectivity index (χ0n) is 9.96. The van der Waals surface area contributed by atoms with Crippen LogP contribution in [0.2, 0.25) is 0 Å². The third kappa shape index (κ3) is 2.22. The number of morpholine rings is 1. The summed E-state index contributed by atoms with van der Waals surface area (Å²) in [5, 5.41) is 7.21. The maximum Gasteiger partial charge on any atom is 0.278 e. The molecule has 2 aromatic heterocycles. The predicted octanol–water partition coefficient (Wildman–Crippen LogP) is 0.496. The fourth-order valence-electron chi connectivity index (χ4n) is 1.71. The molecule has 0 saturated carbocycles. The van der Waals surface area contributed by atoms with E-state index in [1.165, 1.54) is 0 Å². The van der Waals surface area contributed by atoms with Crippen LogP contribution in [0.5, 0.6) is 0 Å². The zero-order valence-corrected chi connectivity index (χ0v) is 9.96. The first-order valence-corrected chi connectivity index (χ1v) is 5.76. The molecule has 1 aliphatic rings. The highest BCUT2D eigenvalue weighted by atomic mass is 16.5. The Morgan fingerprint density at radius 1 is 1.33 bits per heavy atom. The van der Waals surface area contributed by atoms with E-state index in [0.29, 0.717) is 30.6 Å². The molecule has 1 atom stereocenters. The van der Waals surface area contributed by atoms with Crippen LogP contribution >= 0.6 is 0 Å². The maximum atomic E-state index is 5.36. The molecule has 1 aliphatic heterocycles. The Hall–Kier alpha value is -1.86. The van der Waals surface area contributed by atoms with Crippen molar-refractivity contribution in [2.45, 2.75) is 13.0 Å². The van der Waals surface area contributed by atoms with E-state index in [1.54, 1.807) is 12.4 Å². The molecule has 7 nitrogen and oxygen atoms in total. The van der Waals surface area contributed by atoms with Crippen LogP contribution in [0.1, 0.15) is 17.6 Å². The van der Waals surface area contributed by atoms with Crippen molar-refractivity contribution < 1.29 is 9.26 Å². The molecule has 1 N–H and O–H groups in total. The summed E-state index contributed by atoms with van der Waals surface area (Å²) in [6, 6.07) is -0.0188. The van der Waals surface area contributed by atoms with E-state index in [4.69, 9.17) is 9.26 Å². The third-order valence-corrected chi connectivity index (χ3v) is 2.68. The number of rotatable bonds is 2. The van der Waals surface area contributed by atoms with Crippen LogP contribution in [0, 0.1) is 6.92 Å². The van der Waals surface area contributed by atoms with E-state index in [9.17, 15) is 0 Å². The van der Waals surface area contributed by atoms with E-state index >= 15 is 0 Å². The quantitative estimate of drug-likeness (QED) is 0.826. The van der Waals surface area contributed by atoms with Crippen molar-refractivity contribution in [1.29, 1.82) is 0 Å². The van der Waals surface area contributed by atoms with Gasteiger partial charge in [-0.15, -0.1) is 0 Å². The summed E-state index contributed by atoms with van der Waals surface area (Å²) in [5.41, 5.74) is 1.43. The molecule has 2 aromatic rings. The molecule has 0 spiro atoms. The van der Waals surface area contributed by atoms with Crippen LogP contribution in [-0.2, 0) is 4.74 Å². The summed E-state index contributed by atoms with van der Waals surface area (Å²) >= 11 is 0. The second-order valence-electron chi connectivity index (χ2n) is 4.08. The number of ether oxygens (including phenoxy) is 1. The average molecular weight is 247 g/mol. The number of aryl methyl sites for hydroxylation is 1. The van der Waals surface area contributed by atoms with Crippen molar-refractivity contribution in [2.24, 2.45) is 0 Å². The van der Waals surface area contributed by atoms with Gasteiger partial charge in [-0.25, -0.2) is 4.98 Å². The lowest BCUT2D eigenvalue weighted by atomic mass is 10.2. The molecule has 0 aliphatic carbocycles. The van der Waals surface area contributed by atoms with Crippen LogP contribution in [0.3, 0.4) is 0 Å². The monoisotopic (exact) mass is 247 g/mol. The van der Waals surface area contributed by atoms with E-state index in [2.05, 4.69) is 25.4 Å². The van der Waals surface area contributed by atoms with Gasteiger partial charge in [0.2, 0.25) is 0 Å². The van der Waals surface area contributed by atoms with E-state index in [0.717, 1.165) is 12.2 Å². The van der Waals surface area contributed by atoms with E-state index < -0.39 is 0 Å². The molecule has 94 valence electrons. The predicted molar refractivity (Wildman–Crippen MR) is 61.6 cm³/mol. The molecule has 3 heterocycles. The lowest BCUT2D eigenvalue weighted by Gasteiger charge is -2.20. The number of hydrogen-bond donors (Lipinski definition) is 1. The lowest BCUT2D eigenvalue weighted by molar-refractivity contribution is 0.0734. The first-order valence-electron chi connectivity index (χ1n) is 5.76. The Kier molecular flexibility index (Phi) is 2.99. The Balaban J connectivity index is 1.82. The summed E-state index contributed by atoms with van der Waals surface area (Å²) < 4.78 is 10.5. The van der Waals surface area contributed by atoms with Crippen LogP contribution in [0.25, 0.3) is 11.6 Å². The molecule has 1 fully saturated rings. The van der Waals surface area contributed by atoms with Gasteiger partial charge in [-0.2, -0.15) is 4.98 Å². The normalized spacial score (nSPS) is 19.9. The van der Waals surface area contributed by atoms with Gasteiger partial charge in [0.05, 0.1) is 31.1 Å². The van der Waals surface area contributed by atoms with Gasteiger partial charge in [0.1, 0.15) is 5.69 Å². The van der Waals surface area contributed by atoms with E-state index in [-0.39, 0.29) is 6.04 Å². The zero-order chi connectivity index (χ0) is 12.4. The first kappa shape index (κ1) is 11.2. The SMILES string of the molecule is Cc1cnc(-c2nc(C3COCCN3)no2)cn1. The molecule has 0 radical (unpaired) electrons. The molecular formula is C11H13N5O2. The van der Waals surface area contributed by atoms with Crippen molar-refractivity contribution >= 4 is 0 Å². The molecule has 1 saturated heterocycles. The molecule has 0 aromatic carbocycles. The van der Waals surface area contributed by atoms with Crippen molar-refractivity contribution in [3.8, 4) is 11.6 Å². The Bertz CT molecular complexity index is 518. The number of aromatic nitrogens is 4. The summed E-state index contributed by atoms with van der Waals surface area (Å²) in [5.74, 6) is 0.969. The molecule has 0 amide bonds. The fourth-order valence-corrected chi connectivity index (χ4v) is 1.71. The highest BCUT2D eigenvalue weighted by Gasteiger charge is 2.21. The Morgan fingerprint density at radius 3 is 3.00 bits per heavy atom. The molecule has 0 bridgehead atoms. The highest BCUT2D eigenvalue weighted by Crippen LogP contribution is 2.17. The standard InChI is InChI=1S/C11H13N5O2/c1-7-4-14-8(5-13-7)11-15-10(16-18-11)9-6-17-3-2-12-9/h4-5,9,12H,2-3,6H2,1H3. The summed E-state index contributed by atoms with van der Waals surface area (Å²) in [6.07, 6.45) is 3.29. The second-order valence-corrected chi connectivity index (χ2v) is 4.08. The lowest BCUT2D eigenvalue weighted by Crippen LogP contribution is -2.35. The van der Waals surface area contributed by atoms with Gasteiger partial charge in [-0.05, 0) is 6.92 Å². The van der Waals surface area contributed by atoms with Gasteiger partial charge >= 0.3 is 0 Å². The minimum absolute atomic E-state index is 0.0188. The number of nitrogens with zero attached hydrogens (tertiary/aromatic N) is 4. The van der Waals surface area contributed by atoms with Crippen molar-refractivity contribution in [3.63, 3.8) is 0 Å². The van der Waals surface area contributed by atoms with Crippen LogP contribution in [-0.4, -0.2) is 39.9 Å². The van der Waals surface area contributed by atoms with Crippen molar-refractivity contribution in [3.05, 3.63) is 23.9 Å². The van der Waals surface area contributed by atoms with Crippen LogP contribution in [0.15, 0.2) is 16.9 Å². The summed E-state index contributed by atoms with van der Waals surface area (Å²) in [4.78, 5) is 12.7. The van der Waals surface area contributed by atoms with Crippen molar-refractivity contribution in [2.75, 3.05) is 19.8 Å². The van der Waals surface area contributed by atoms with E-state index in [1.807, 2.05) is 6.92 Å².